The Balaban J connectivity index is 2.06. The van der Waals surface area contributed by atoms with Gasteiger partial charge < -0.3 is 15.3 Å². The van der Waals surface area contributed by atoms with Crippen LogP contribution in [0, 0.1) is 11.3 Å². The van der Waals surface area contributed by atoms with Gasteiger partial charge in [-0.05, 0) is 37.7 Å². The molecule has 0 bridgehead atoms. The first-order chi connectivity index (χ1) is 9.93. The summed E-state index contributed by atoms with van der Waals surface area (Å²) < 4.78 is 0. The normalized spacial score (nSPS) is 25.4. The molecule has 0 radical (unpaired) electrons. The standard InChI is InChI=1S/C15H24N4O2/c1-11-4-7-15(8-5-11,13(20)21)10-17-12-6-9-16-14(18-12)19(2)3/h6,9,11H,4-5,7-8,10H2,1-3H3,(H,20,21)(H,16,17,18). The van der Waals surface area contributed by atoms with Gasteiger partial charge in [-0.3, -0.25) is 4.79 Å². The molecule has 0 aliphatic heterocycles. The van der Waals surface area contributed by atoms with E-state index in [1.807, 2.05) is 19.0 Å². The van der Waals surface area contributed by atoms with Crippen LogP contribution in [0.5, 0.6) is 0 Å². The second-order valence-corrected chi connectivity index (χ2v) is 6.26. The minimum atomic E-state index is -0.705. The minimum absolute atomic E-state index is 0.416. The second kappa shape index (κ2) is 6.28. The Morgan fingerprint density at radius 2 is 2.14 bits per heavy atom. The van der Waals surface area contributed by atoms with Gasteiger partial charge >= 0.3 is 5.97 Å². The molecule has 2 rings (SSSR count). The van der Waals surface area contributed by atoms with Crippen molar-refractivity contribution in [3.63, 3.8) is 0 Å². The molecule has 1 aliphatic rings. The van der Waals surface area contributed by atoms with Crippen molar-refractivity contribution < 1.29 is 9.90 Å². The van der Waals surface area contributed by atoms with Crippen LogP contribution in [0.2, 0.25) is 0 Å². The van der Waals surface area contributed by atoms with Crippen molar-refractivity contribution in [1.82, 2.24) is 9.97 Å². The molecule has 0 amide bonds. The van der Waals surface area contributed by atoms with Crippen LogP contribution < -0.4 is 10.2 Å². The number of nitrogens with one attached hydrogen (secondary N) is 1. The van der Waals surface area contributed by atoms with E-state index in [1.165, 1.54) is 0 Å². The summed E-state index contributed by atoms with van der Waals surface area (Å²) >= 11 is 0. The molecule has 0 atom stereocenters. The molecule has 1 heterocycles. The highest BCUT2D eigenvalue weighted by molar-refractivity contribution is 5.75. The molecular weight excluding hydrogens is 268 g/mol. The largest absolute Gasteiger partial charge is 0.481 e. The summed E-state index contributed by atoms with van der Waals surface area (Å²) in [4.78, 5) is 22.0. The molecule has 21 heavy (non-hydrogen) atoms. The summed E-state index contributed by atoms with van der Waals surface area (Å²) in [6.07, 6.45) is 5.08. The van der Waals surface area contributed by atoms with E-state index in [2.05, 4.69) is 22.2 Å². The molecule has 1 aliphatic carbocycles. The van der Waals surface area contributed by atoms with E-state index < -0.39 is 11.4 Å². The Bertz CT molecular complexity index is 496. The van der Waals surface area contributed by atoms with Crippen LogP contribution in [0.4, 0.5) is 11.8 Å². The monoisotopic (exact) mass is 292 g/mol. The molecule has 0 aromatic carbocycles. The zero-order valence-corrected chi connectivity index (χ0v) is 13.0. The first kappa shape index (κ1) is 15.5. The molecule has 6 nitrogen and oxygen atoms in total. The summed E-state index contributed by atoms with van der Waals surface area (Å²) in [7, 11) is 3.75. The number of rotatable bonds is 5. The average Bonchev–Trinajstić information content (AvgIpc) is 2.47. The highest BCUT2D eigenvalue weighted by Crippen LogP contribution is 2.39. The number of carbonyl (C=O) groups is 1. The van der Waals surface area contributed by atoms with Gasteiger partial charge in [0.15, 0.2) is 0 Å². The van der Waals surface area contributed by atoms with E-state index in [0.717, 1.165) is 25.7 Å². The van der Waals surface area contributed by atoms with Crippen molar-refractivity contribution in [3.05, 3.63) is 12.3 Å². The molecule has 1 aromatic heterocycles. The summed E-state index contributed by atoms with van der Waals surface area (Å²) in [6.45, 7) is 2.60. The van der Waals surface area contributed by atoms with E-state index in [4.69, 9.17) is 0 Å². The maximum absolute atomic E-state index is 11.7. The van der Waals surface area contributed by atoms with Crippen LogP contribution in [0.25, 0.3) is 0 Å². The van der Waals surface area contributed by atoms with Gasteiger partial charge in [0.2, 0.25) is 5.95 Å². The third-order valence-corrected chi connectivity index (χ3v) is 4.34. The summed E-state index contributed by atoms with van der Waals surface area (Å²) in [6, 6.07) is 1.77. The molecule has 1 fully saturated rings. The molecule has 0 unspecified atom stereocenters. The lowest BCUT2D eigenvalue weighted by Gasteiger charge is -2.36. The second-order valence-electron chi connectivity index (χ2n) is 6.26. The van der Waals surface area contributed by atoms with Gasteiger partial charge in [-0.25, -0.2) is 4.98 Å². The van der Waals surface area contributed by atoms with Crippen molar-refractivity contribution in [2.24, 2.45) is 11.3 Å². The van der Waals surface area contributed by atoms with Crippen molar-refractivity contribution in [2.75, 3.05) is 30.9 Å². The molecule has 0 saturated heterocycles. The summed E-state index contributed by atoms with van der Waals surface area (Å²) in [5.41, 5.74) is -0.671. The SMILES string of the molecule is CC1CCC(CNc2ccnc(N(C)C)n2)(C(=O)O)CC1. The van der Waals surface area contributed by atoms with Crippen molar-refractivity contribution in [1.29, 1.82) is 0 Å². The predicted octanol–water partition coefficient (Wildman–Crippen LogP) is 2.24. The number of carboxylic acid groups (broad SMARTS) is 1. The zero-order chi connectivity index (χ0) is 15.5. The lowest BCUT2D eigenvalue weighted by molar-refractivity contribution is -0.150. The smallest absolute Gasteiger partial charge is 0.311 e. The number of aliphatic carboxylic acids is 1. The number of hydrogen-bond acceptors (Lipinski definition) is 5. The number of carboxylic acids is 1. The van der Waals surface area contributed by atoms with Gasteiger partial charge in [-0.15, -0.1) is 0 Å². The van der Waals surface area contributed by atoms with Gasteiger partial charge in [0.05, 0.1) is 5.41 Å². The van der Waals surface area contributed by atoms with E-state index in [9.17, 15) is 9.90 Å². The van der Waals surface area contributed by atoms with Gasteiger partial charge in [0, 0.05) is 26.8 Å². The quantitative estimate of drug-likeness (QED) is 0.866. The Kier molecular flexibility index (Phi) is 4.65. The fourth-order valence-electron chi connectivity index (χ4n) is 2.70. The van der Waals surface area contributed by atoms with E-state index in [1.54, 1.807) is 12.3 Å². The molecule has 6 heteroatoms. The maximum atomic E-state index is 11.7. The Morgan fingerprint density at radius 3 is 2.71 bits per heavy atom. The number of aromatic nitrogens is 2. The third kappa shape index (κ3) is 3.62. The van der Waals surface area contributed by atoms with E-state index in [0.29, 0.717) is 24.2 Å². The Hall–Kier alpha value is -1.85. The van der Waals surface area contributed by atoms with Crippen LogP contribution in [-0.2, 0) is 4.79 Å². The lowest BCUT2D eigenvalue weighted by Crippen LogP contribution is -2.41. The number of hydrogen-bond donors (Lipinski definition) is 2. The molecular formula is C15H24N4O2. The first-order valence-electron chi connectivity index (χ1n) is 7.40. The molecule has 2 N–H and O–H groups in total. The van der Waals surface area contributed by atoms with Gasteiger partial charge in [-0.1, -0.05) is 6.92 Å². The predicted molar refractivity (Wildman–Crippen MR) is 82.5 cm³/mol. The minimum Gasteiger partial charge on any atom is -0.481 e. The number of anilines is 2. The zero-order valence-electron chi connectivity index (χ0n) is 13.0. The van der Waals surface area contributed by atoms with E-state index in [-0.39, 0.29) is 0 Å². The topological polar surface area (TPSA) is 78.4 Å². The van der Waals surface area contributed by atoms with Crippen molar-refractivity contribution >= 4 is 17.7 Å². The summed E-state index contributed by atoms with van der Waals surface area (Å²) in [5.74, 6) is 1.20. The van der Waals surface area contributed by atoms with Crippen molar-refractivity contribution in [2.45, 2.75) is 32.6 Å². The fourth-order valence-corrected chi connectivity index (χ4v) is 2.70. The van der Waals surface area contributed by atoms with Crippen LogP contribution in [0.3, 0.4) is 0 Å². The molecule has 116 valence electrons. The van der Waals surface area contributed by atoms with Crippen LogP contribution in [-0.4, -0.2) is 41.7 Å². The highest BCUT2D eigenvalue weighted by Gasteiger charge is 2.41. The Morgan fingerprint density at radius 1 is 1.48 bits per heavy atom. The molecule has 1 aromatic rings. The third-order valence-electron chi connectivity index (χ3n) is 4.34. The van der Waals surface area contributed by atoms with Crippen LogP contribution in [0.15, 0.2) is 12.3 Å². The fraction of sp³-hybridized carbons (Fsp3) is 0.667. The van der Waals surface area contributed by atoms with Gasteiger partial charge in [0.1, 0.15) is 5.82 Å². The molecule has 0 spiro atoms. The Labute approximate surface area is 125 Å². The first-order valence-corrected chi connectivity index (χ1v) is 7.40. The summed E-state index contributed by atoms with van der Waals surface area (Å²) in [5, 5.41) is 12.8. The van der Waals surface area contributed by atoms with E-state index >= 15 is 0 Å². The number of nitrogens with zero attached hydrogens (tertiary/aromatic N) is 3. The lowest BCUT2D eigenvalue weighted by atomic mass is 9.71. The average molecular weight is 292 g/mol. The van der Waals surface area contributed by atoms with Crippen LogP contribution in [0.1, 0.15) is 32.6 Å². The van der Waals surface area contributed by atoms with Gasteiger partial charge in [0.25, 0.3) is 0 Å². The highest BCUT2D eigenvalue weighted by atomic mass is 16.4. The molecule has 1 saturated carbocycles. The van der Waals surface area contributed by atoms with Crippen molar-refractivity contribution in [3.8, 4) is 0 Å². The van der Waals surface area contributed by atoms with Crippen LogP contribution >= 0.6 is 0 Å². The van der Waals surface area contributed by atoms with Gasteiger partial charge in [-0.2, -0.15) is 4.98 Å². The maximum Gasteiger partial charge on any atom is 0.311 e.